The molecule has 1 N–H and O–H groups in total. The van der Waals surface area contributed by atoms with E-state index in [0.29, 0.717) is 11.8 Å². The Morgan fingerprint density at radius 3 is 2.68 bits per heavy atom. The molecule has 1 aliphatic rings. The standard InChI is InChI=1S/C15H11ClF4N2/c16-14-6-12(4-2-9(14)7-21)22-8-10-1-3-11(17)5-13(10)15(18,19)20/h1-2,4-6,11,22H,3,8H2. The molecule has 116 valence electrons. The Morgan fingerprint density at radius 2 is 2.09 bits per heavy atom. The van der Waals surface area contributed by atoms with Gasteiger partial charge in [0.25, 0.3) is 0 Å². The molecule has 1 unspecified atom stereocenters. The monoisotopic (exact) mass is 330 g/mol. The molecule has 1 aliphatic carbocycles. The van der Waals surface area contributed by atoms with E-state index >= 15 is 0 Å². The zero-order valence-electron chi connectivity index (χ0n) is 11.2. The number of halogens is 5. The van der Waals surface area contributed by atoms with Gasteiger partial charge in [0.05, 0.1) is 16.2 Å². The van der Waals surface area contributed by atoms with Gasteiger partial charge in [0.2, 0.25) is 0 Å². The molecule has 1 aromatic carbocycles. The van der Waals surface area contributed by atoms with Crippen LogP contribution in [0.5, 0.6) is 0 Å². The molecule has 0 saturated carbocycles. The van der Waals surface area contributed by atoms with Crippen LogP contribution in [0.25, 0.3) is 0 Å². The summed E-state index contributed by atoms with van der Waals surface area (Å²) in [6.45, 7) is -0.111. The fourth-order valence-corrected chi connectivity index (χ4v) is 2.30. The second-order valence-corrected chi connectivity index (χ2v) is 5.13. The van der Waals surface area contributed by atoms with Gasteiger partial charge in [-0.3, -0.25) is 0 Å². The van der Waals surface area contributed by atoms with Gasteiger partial charge in [-0.25, -0.2) is 4.39 Å². The lowest BCUT2D eigenvalue weighted by Gasteiger charge is -2.21. The fourth-order valence-electron chi connectivity index (χ4n) is 2.08. The van der Waals surface area contributed by atoms with Crippen molar-refractivity contribution in [2.24, 2.45) is 0 Å². The van der Waals surface area contributed by atoms with Crippen molar-refractivity contribution in [1.29, 1.82) is 5.26 Å². The van der Waals surface area contributed by atoms with Gasteiger partial charge in [0, 0.05) is 18.7 Å². The van der Waals surface area contributed by atoms with E-state index in [2.05, 4.69) is 5.32 Å². The highest BCUT2D eigenvalue weighted by atomic mass is 35.5. The van der Waals surface area contributed by atoms with Crippen molar-refractivity contribution in [3.63, 3.8) is 0 Å². The lowest BCUT2D eigenvalue weighted by molar-refractivity contribution is -0.0902. The Bertz CT molecular complexity index is 671. The van der Waals surface area contributed by atoms with Crippen LogP contribution in [0, 0.1) is 11.3 Å². The minimum absolute atomic E-state index is 0.0121. The lowest BCUT2D eigenvalue weighted by atomic mass is 9.96. The first kappa shape index (κ1) is 16.4. The SMILES string of the molecule is N#Cc1ccc(NCC2=CCC(F)C=C2C(F)(F)F)cc1Cl. The highest BCUT2D eigenvalue weighted by Gasteiger charge is 2.37. The Balaban J connectivity index is 2.12. The van der Waals surface area contributed by atoms with Crippen molar-refractivity contribution < 1.29 is 17.6 Å². The van der Waals surface area contributed by atoms with Gasteiger partial charge in [-0.2, -0.15) is 18.4 Å². The van der Waals surface area contributed by atoms with E-state index in [1.54, 1.807) is 6.07 Å². The minimum atomic E-state index is -4.60. The van der Waals surface area contributed by atoms with Crippen LogP contribution in [-0.2, 0) is 0 Å². The number of hydrogen-bond donors (Lipinski definition) is 1. The molecule has 1 aromatic rings. The molecule has 0 bridgehead atoms. The maximum Gasteiger partial charge on any atom is 0.416 e. The third-order valence-corrected chi connectivity index (χ3v) is 3.47. The number of allylic oxidation sites excluding steroid dienone is 2. The molecular formula is C15H11ClF4N2. The number of benzene rings is 1. The van der Waals surface area contributed by atoms with Gasteiger partial charge in [0.1, 0.15) is 12.2 Å². The summed E-state index contributed by atoms with van der Waals surface area (Å²) in [6, 6.07) is 6.36. The van der Waals surface area contributed by atoms with Crippen LogP contribution >= 0.6 is 11.6 Å². The van der Waals surface area contributed by atoms with E-state index in [4.69, 9.17) is 16.9 Å². The van der Waals surface area contributed by atoms with Crippen LogP contribution in [0.1, 0.15) is 12.0 Å². The minimum Gasteiger partial charge on any atom is -0.381 e. The maximum absolute atomic E-state index is 13.1. The third kappa shape index (κ3) is 3.80. The number of rotatable bonds is 3. The fraction of sp³-hybridized carbons (Fsp3) is 0.267. The van der Waals surface area contributed by atoms with E-state index < -0.39 is 17.9 Å². The summed E-state index contributed by atoms with van der Waals surface area (Å²) in [5.74, 6) is 0. The van der Waals surface area contributed by atoms with E-state index in [1.807, 2.05) is 6.07 Å². The second kappa shape index (κ2) is 6.41. The van der Waals surface area contributed by atoms with Gasteiger partial charge in [-0.15, -0.1) is 0 Å². The first-order chi connectivity index (χ1) is 10.3. The molecule has 0 spiro atoms. The Hall–Kier alpha value is -2.00. The van der Waals surface area contributed by atoms with Crippen LogP contribution < -0.4 is 5.32 Å². The molecule has 0 aromatic heterocycles. The summed E-state index contributed by atoms with van der Waals surface area (Å²) < 4.78 is 51.8. The summed E-state index contributed by atoms with van der Waals surface area (Å²) in [4.78, 5) is 0. The van der Waals surface area contributed by atoms with Crippen LogP contribution in [-0.4, -0.2) is 18.9 Å². The molecule has 0 fully saturated rings. The van der Waals surface area contributed by atoms with Gasteiger partial charge in [0.15, 0.2) is 0 Å². The Labute approximate surface area is 129 Å². The molecule has 0 amide bonds. The molecule has 0 radical (unpaired) electrons. The zero-order valence-corrected chi connectivity index (χ0v) is 12.0. The van der Waals surface area contributed by atoms with Crippen LogP contribution in [0.4, 0.5) is 23.2 Å². The number of anilines is 1. The second-order valence-electron chi connectivity index (χ2n) is 4.72. The number of nitrogens with one attached hydrogen (secondary N) is 1. The van der Waals surface area contributed by atoms with Crippen molar-refractivity contribution in [3.8, 4) is 6.07 Å². The summed E-state index contributed by atoms with van der Waals surface area (Å²) in [6.07, 6.45) is -4.45. The van der Waals surface area contributed by atoms with E-state index in [1.165, 1.54) is 18.2 Å². The summed E-state index contributed by atoms with van der Waals surface area (Å²) in [5.41, 5.74) is -0.214. The molecule has 2 nitrogen and oxygen atoms in total. The van der Waals surface area contributed by atoms with Gasteiger partial charge in [-0.1, -0.05) is 17.7 Å². The quantitative estimate of drug-likeness (QED) is 0.809. The molecule has 22 heavy (non-hydrogen) atoms. The van der Waals surface area contributed by atoms with E-state index in [-0.39, 0.29) is 29.1 Å². The zero-order chi connectivity index (χ0) is 16.3. The van der Waals surface area contributed by atoms with E-state index in [9.17, 15) is 17.6 Å². The summed E-state index contributed by atoms with van der Waals surface area (Å²) in [5, 5.41) is 11.8. The van der Waals surface area contributed by atoms with Crippen molar-refractivity contribution >= 4 is 17.3 Å². The molecule has 7 heteroatoms. The molecular weight excluding hydrogens is 320 g/mol. The van der Waals surface area contributed by atoms with Gasteiger partial charge in [-0.05, 0) is 29.8 Å². The first-order valence-corrected chi connectivity index (χ1v) is 6.75. The Morgan fingerprint density at radius 1 is 1.36 bits per heavy atom. The van der Waals surface area contributed by atoms with Gasteiger partial charge < -0.3 is 5.32 Å². The predicted molar refractivity (Wildman–Crippen MR) is 76.4 cm³/mol. The Kier molecular flexibility index (Phi) is 4.77. The normalized spacial score (nSPS) is 18.3. The molecule has 0 heterocycles. The molecule has 0 saturated heterocycles. The average molecular weight is 331 g/mol. The van der Waals surface area contributed by atoms with Crippen molar-refractivity contribution in [3.05, 3.63) is 52.1 Å². The molecule has 0 aliphatic heterocycles. The maximum atomic E-state index is 13.1. The summed E-state index contributed by atoms with van der Waals surface area (Å²) in [7, 11) is 0. The third-order valence-electron chi connectivity index (χ3n) is 3.16. The van der Waals surface area contributed by atoms with Crippen LogP contribution in [0.3, 0.4) is 0 Å². The van der Waals surface area contributed by atoms with Crippen LogP contribution in [0.2, 0.25) is 5.02 Å². The molecule has 2 rings (SSSR count). The van der Waals surface area contributed by atoms with Crippen molar-refractivity contribution in [2.75, 3.05) is 11.9 Å². The largest absolute Gasteiger partial charge is 0.416 e. The summed E-state index contributed by atoms with van der Waals surface area (Å²) >= 11 is 5.85. The topological polar surface area (TPSA) is 35.8 Å². The average Bonchev–Trinajstić information content (AvgIpc) is 2.45. The first-order valence-electron chi connectivity index (χ1n) is 6.37. The highest BCUT2D eigenvalue weighted by molar-refractivity contribution is 6.32. The number of alkyl halides is 4. The van der Waals surface area contributed by atoms with Crippen molar-refractivity contribution in [2.45, 2.75) is 18.8 Å². The number of hydrogen-bond acceptors (Lipinski definition) is 2. The van der Waals surface area contributed by atoms with Gasteiger partial charge >= 0.3 is 6.18 Å². The van der Waals surface area contributed by atoms with Crippen molar-refractivity contribution in [1.82, 2.24) is 0 Å². The van der Waals surface area contributed by atoms with Crippen LogP contribution in [0.15, 0.2) is 41.5 Å². The number of nitriles is 1. The lowest BCUT2D eigenvalue weighted by Crippen LogP contribution is -2.22. The predicted octanol–water partition coefficient (Wildman–Crippen LogP) is 4.78. The smallest absolute Gasteiger partial charge is 0.381 e. The molecule has 1 atom stereocenters. The van der Waals surface area contributed by atoms with E-state index in [0.717, 1.165) is 0 Å². The number of nitrogens with zero attached hydrogens (tertiary/aromatic N) is 1. The highest BCUT2D eigenvalue weighted by Crippen LogP contribution is 2.35.